The van der Waals surface area contributed by atoms with Crippen molar-refractivity contribution in [1.29, 1.82) is 0 Å². The van der Waals surface area contributed by atoms with E-state index in [2.05, 4.69) is 26.0 Å². The molecule has 0 radical (unpaired) electrons. The zero-order valence-corrected chi connectivity index (χ0v) is 8.79. The first-order valence-corrected chi connectivity index (χ1v) is 4.30. The van der Waals surface area contributed by atoms with Gasteiger partial charge in [-0.2, -0.15) is 0 Å². The second kappa shape index (κ2) is 8.42. The average molecular weight is 231 g/mol. The van der Waals surface area contributed by atoms with E-state index in [1.165, 1.54) is 7.11 Å². The second-order valence-corrected chi connectivity index (χ2v) is 2.54. The smallest absolute Gasteiger partial charge is 0.352 e. The molecule has 0 aromatic heterocycles. The van der Waals surface area contributed by atoms with Gasteiger partial charge in [0.1, 0.15) is 26.4 Å². The van der Waals surface area contributed by atoms with Gasteiger partial charge >= 0.3 is 11.9 Å². The molecule has 0 aliphatic rings. The molecule has 0 aliphatic heterocycles. The van der Waals surface area contributed by atoms with Crippen molar-refractivity contribution in [2.24, 2.45) is 5.16 Å². The van der Waals surface area contributed by atoms with Gasteiger partial charge in [0.05, 0.1) is 0 Å². The summed E-state index contributed by atoms with van der Waals surface area (Å²) in [5.41, 5.74) is 0. The van der Waals surface area contributed by atoms with E-state index in [0.717, 1.165) is 12.3 Å². The minimum absolute atomic E-state index is 0.278. The van der Waals surface area contributed by atoms with Gasteiger partial charge in [0.15, 0.2) is 6.21 Å². The Hall–Kier alpha value is -1.89. The molecular weight excluding hydrogens is 218 g/mol. The highest BCUT2D eigenvalue weighted by atomic mass is 16.6. The number of aliphatic hydroxyl groups excluding tert-OH is 1. The Morgan fingerprint density at radius 2 is 1.94 bits per heavy atom. The molecule has 0 bridgehead atoms. The fourth-order valence-electron chi connectivity index (χ4n) is 0.597. The van der Waals surface area contributed by atoms with Crippen LogP contribution in [0.5, 0.6) is 0 Å². The predicted octanol–water partition coefficient (Wildman–Crippen LogP) is -0.748. The summed E-state index contributed by atoms with van der Waals surface area (Å²) in [7, 11) is 1.27. The third-order valence-electron chi connectivity index (χ3n) is 1.27. The molecule has 1 N–H and O–H groups in total. The van der Waals surface area contributed by atoms with Crippen molar-refractivity contribution < 1.29 is 29.0 Å². The van der Waals surface area contributed by atoms with Crippen LogP contribution in [-0.4, -0.2) is 49.7 Å². The Labute approximate surface area is 92.3 Å². The number of oxime groups is 1. The van der Waals surface area contributed by atoms with Crippen LogP contribution in [0.15, 0.2) is 17.8 Å². The third kappa shape index (κ3) is 7.51. The van der Waals surface area contributed by atoms with E-state index in [1.807, 2.05) is 0 Å². The number of carbonyl (C=O) groups is 2. The van der Waals surface area contributed by atoms with Crippen LogP contribution >= 0.6 is 0 Å². The molecule has 0 heterocycles. The summed E-state index contributed by atoms with van der Waals surface area (Å²) in [5.74, 6) is -1.43. The minimum Gasteiger partial charge on any atom is -0.460 e. The molecule has 0 aromatic rings. The van der Waals surface area contributed by atoms with Gasteiger partial charge in [-0.25, -0.2) is 9.59 Å². The molecule has 7 nitrogen and oxygen atoms in total. The zero-order chi connectivity index (χ0) is 12.4. The highest BCUT2D eigenvalue weighted by Gasteiger charge is 2.09. The van der Waals surface area contributed by atoms with Gasteiger partial charge in [0.25, 0.3) is 0 Å². The first-order chi connectivity index (χ1) is 7.60. The van der Waals surface area contributed by atoms with E-state index in [1.54, 1.807) is 0 Å². The van der Waals surface area contributed by atoms with Gasteiger partial charge in [0, 0.05) is 6.08 Å². The predicted molar refractivity (Wildman–Crippen MR) is 53.6 cm³/mol. The van der Waals surface area contributed by atoms with Crippen LogP contribution < -0.4 is 0 Å². The van der Waals surface area contributed by atoms with Gasteiger partial charge in [-0.3, -0.25) is 0 Å². The molecule has 90 valence electrons. The van der Waals surface area contributed by atoms with Gasteiger partial charge < -0.3 is 19.4 Å². The Morgan fingerprint density at radius 3 is 2.44 bits per heavy atom. The van der Waals surface area contributed by atoms with Crippen LogP contribution in [0.2, 0.25) is 0 Å². The van der Waals surface area contributed by atoms with Crippen molar-refractivity contribution in [3.8, 4) is 0 Å². The molecule has 7 heteroatoms. The summed E-state index contributed by atoms with van der Waals surface area (Å²) in [6, 6.07) is 0. The summed E-state index contributed by atoms with van der Waals surface area (Å²) < 4.78 is 9.05. The second-order valence-electron chi connectivity index (χ2n) is 2.54. The van der Waals surface area contributed by atoms with Gasteiger partial charge in [-0.05, 0) is 0 Å². The van der Waals surface area contributed by atoms with Crippen molar-refractivity contribution in [2.45, 2.75) is 6.10 Å². The van der Waals surface area contributed by atoms with Crippen molar-refractivity contribution in [3.63, 3.8) is 0 Å². The highest BCUT2D eigenvalue weighted by molar-refractivity contribution is 6.22. The summed E-state index contributed by atoms with van der Waals surface area (Å²) in [6.07, 6.45) is 0.677. The SMILES string of the molecule is C=CC(=O)OCC(O)COC(=O)C=NOC. The van der Waals surface area contributed by atoms with Crippen LogP contribution in [0.4, 0.5) is 0 Å². The maximum absolute atomic E-state index is 10.8. The van der Waals surface area contributed by atoms with Gasteiger partial charge in [-0.1, -0.05) is 11.7 Å². The zero-order valence-electron chi connectivity index (χ0n) is 8.79. The lowest BCUT2D eigenvalue weighted by Gasteiger charge is -2.09. The number of aliphatic hydroxyl groups is 1. The van der Waals surface area contributed by atoms with E-state index in [9.17, 15) is 14.7 Å². The Morgan fingerprint density at radius 1 is 1.38 bits per heavy atom. The Kier molecular flexibility index (Phi) is 7.43. The van der Waals surface area contributed by atoms with E-state index < -0.39 is 18.0 Å². The molecule has 0 spiro atoms. The summed E-state index contributed by atoms with van der Waals surface area (Å²) >= 11 is 0. The van der Waals surface area contributed by atoms with Crippen LogP contribution in [0.25, 0.3) is 0 Å². The maximum Gasteiger partial charge on any atom is 0.352 e. The molecule has 1 unspecified atom stereocenters. The molecule has 1 atom stereocenters. The molecule has 0 rings (SSSR count). The largest absolute Gasteiger partial charge is 0.460 e. The van der Waals surface area contributed by atoms with E-state index in [-0.39, 0.29) is 13.2 Å². The monoisotopic (exact) mass is 231 g/mol. The molecule has 16 heavy (non-hydrogen) atoms. The molecule has 0 fully saturated rings. The lowest BCUT2D eigenvalue weighted by molar-refractivity contribution is -0.145. The topological polar surface area (TPSA) is 94.4 Å². The highest BCUT2D eigenvalue weighted by Crippen LogP contribution is 1.89. The summed E-state index contributed by atoms with van der Waals surface area (Å²) in [5, 5.41) is 12.4. The van der Waals surface area contributed by atoms with Crippen molar-refractivity contribution >= 4 is 18.2 Å². The molecule has 0 aromatic carbocycles. The number of nitrogens with zero attached hydrogens (tertiary/aromatic N) is 1. The van der Waals surface area contributed by atoms with E-state index in [4.69, 9.17) is 0 Å². The quantitative estimate of drug-likeness (QED) is 0.268. The lowest BCUT2D eigenvalue weighted by Crippen LogP contribution is -2.25. The number of ether oxygens (including phenoxy) is 2. The Bertz CT molecular complexity index is 275. The molecule has 0 aliphatic carbocycles. The number of rotatable bonds is 7. The number of hydrogen-bond donors (Lipinski definition) is 1. The third-order valence-corrected chi connectivity index (χ3v) is 1.27. The first kappa shape index (κ1) is 14.1. The molecule has 0 saturated carbocycles. The average Bonchev–Trinajstić information content (AvgIpc) is 2.30. The van der Waals surface area contributed by atoms with Gasteiger partial charge in [-0.15, -0.1) is 0 Å². The number of hydrogen-bond acceptors (Lipinski definition) is 7. The molecule has 0 saturated heterocycles. The standard InChI is InChI=1S/C9H13NO6/c1-3-8(12)15-5-7(11)6-16-9(13)4-10-14-2/h3-4,7,11H,1,5-6H2,2H3. The fraction of sp³-hybridized carbons (Fsp3) is 0.444. The number of carbonyl (C=O) groups excluding carboxylic acids is 2. The first-order valence-electron chi connectivity index (χ1n) is 4.30. The minimum atomic E-state index is -1.09. The van der Waals surface area contributed by atoms with E-state index >= 15 is 0 Å². The summed E-state index contributed by atoms with van der Waals surface area (Å²) in [6.45, 7) is 2.59. The number of esters is 2. The Balaban J connectivity index is 3.68. The van der Waals surface area contributed by atoms with Crippen LogP contribution in [0.3, 0.4) is 0 Å². The van der Waals surface area contributed by atoms with Crippen molar-refractivity contribution in [1.82, 2.24) is 0 Å². The summed E-state index contributed by atoms with van der Waals surface area (Å²) in [4.78, 5) is 25.7. The molecule has 0 amide bonds. The maximum atomic E-state index is 10.8. The van der Waals surface area contributed by atoms with Crippen molar-refractivity contribution in [2.75, 3.05) is 20.3 Å². The van der Waals surface area contributed by atoms with E-state index in [0.29, 0.717) is 0 Å². The lowest BCUT2D eigenvalue weighted by atomic mass is 10.4. The fourth-order valence-corrected chi connectivity index (χ4v) is 0.597. The van der Waals surface area contributed by atoms with Crippen LogP contribution in [0.1, 0.15) is 0 Å². The van der Waals surface area contributed by atoms with Gasteiger partial charge in [0.2, 0.25) is 0 Å². The van der Waals surface area contributed by atoms with Crippen LogP contribution in [-0.2, 0) is 23.9 Å². The normalized spacial score (nSPS) is 11.9. The van der Waals surface area contributed by atoms with Crippen molar-refractivity contribution in [3.05, 3.63) is 12.7 Å². The van der Waals surface area contributed by atoms with Crippen LogP contribution in [0, 0.1) is 0 Å². The molecular formula is C9H13NO6.